The molecule has 42 heavy (non-hydrogen) atoms. The van der Waals surface area contributed by atoms with E-state index in [0.29, 0.717) is 5.69 Å². The zero-order chi connectivity index (χ0) is 30.3. The molecule has 9 heteroatoms. The average molecular weight is 594 g/mol. The van der Waals surface area contributed by atoms with Crippen LogP contribution in [-0.2, 0) is 32.6 Å². The van der Waals surface area contributed by atoms with Crippen molar-refractivity contribution >= 4 is 27.5 Å². The molecule has 0 radical (unpaired) electrons. The van der Waals surface area contributed by atoms with Crippen LogP contribution in [0.3, 0.4) is 0 Å². The maximum absolute atomic E-state index is 14.9. The van der Waals surface area contributed by atoms with Crippen LogP contribution in [0, 0.1) is 5.82 Å². The summed E-state index contributed by atoms with van der Waals surface area (Å²) < 4.78 is 42.3. The van der Waals surface area contributed by atoms with Gasteiger partial charge in [0.15, 0.2) is 0 Å². The Hall–Kier alpha value is -3.72. The molecule has 0 spiro atoms. The molecule has 7 nitrogen and oxygen atoms in total. The third kappa shape index (κ3) is 7.97. The lowest BCUT2D eigenvalue weighted by Crippen LogP contribution is -2.54. The third-order valence-electron chi connectivity index (χ3n) is 7.78. The largest absolute Gasteiger partial charge is 0.352 e. The normalized spacial score (nSPS) is 14.5. The van der Waals surface area contributed by atoms with Crippen LogP contribution >= 0.6 is 0 Å². The lowest BCUT2D eigenvalue weighted by Gasteiger charge is -2.34. The van der Waals surface area contributed by atoms with E-state index in [0.717, 1.165) is 47.4 Å². The number of anilines is 1. The number of para-hydroxylation sites is 1. The first-order chi connectivity index (χ1) is 20.0. The maximum Gasteiger partial charge on any atom is 0.244 e. The Morgan fingerprint density at radius 3 is 2.19 bits per heavy atom. The number of amides is 2. The number of nitrogens with one attached hydrogen (secondary N) is 1. The molecule has 224 valence electrons. The molecule has 1 atom stereocenters. The molecule has 2 amide bonds. The summed E-state index contributed by atoms with van der Waals surface area (Å²) in [6.07, 6.45) is 5.02. The summed E-state index contributed by atoms with van der Waals surface area (Å²) in [5.74, 6) is -1.43. The molecule has 4 rings (SSSR count). The first kappa shape index (κ1) is 31.2. The summed E-state index contributed by atoms with van der Waals surface area (Å²) in [6.45, 7) is 3.19. The van der Waals surface area contributed by atoms with Crippen LogP contribution < -0.4 is 9.62 Å². The van der Waals surface area contributed by atoms with Gasteiger partial charge < -0.3 is 10.2 Å². The van der Waals surface area contributed by atoms with Crippen LogP contribution in [0.2, 0.25) is 0 Å². The topological polar surface area (TPSA) is 86.8 Å². The van der Waals surface area contributed by atoms with Crippen molar-refractivity contribution in [1.29, 1.82) is 0 Å². The minimum atomic E-state index is -3.90. The zero-order valence-corrected chi connectivity index (χ0v) is 25.3. The van der Waals surface area contributed by atoms with Gasteiger partial charge in [-0.2, -0.15) is 0 Å². The van der Waals surface area contributed by atoms with Crippen LogP contribution in [0.25, 0.3) is 0 Å². The Kier molecular flexibility index (Phi) is 10.4. The molecule has 1 fully saturated rings. The van der Waals surface area contributed by atoms with E-state index < -0.39 is 34.3 Å². The van der Waals surface area contributed by atoms with E-state index >= 15 is 0 Å². The molecule has 3 aromatic rings. The smallest absolute Gasteiger partial charge is 0.244 e. The van der Waals surface area contributed by atoms with Gasteiger partial charge in [0.2, 0.25) is 21.8 Å². The number of hydrogen-bond donors (Lipinski definition) is 1. The fourth-order valence-corrected chi connectivity index (χ4v) is 6.40. The quantitative estimate of drug-likeness (QED) is 0.304. The zero-order valence-electron chi connectivity index (χ0n) is 24.5. The Morgan fingerprint density at radius 2 is 1.55 bits per heavy atom. The minimum Gasteiger partial charge on any atom is -0.352 e. The number of carbonyl (C=O) groups is 2. The Balaban J connectivity index is 1.76. The van der Waals surface area contributed by atoms with Crippen molar-refractivity contribution < 1.29 is 22.4 Å². The van der Waals surface area contributed by atoms with Crippen molar-refractivity contribution in [2.45, 2.75) is 70.5 Å². The predicted molar refractivity (Wildman–Crippen MR) is 164 cm³/mol. The molecule has 0 aliphatic heterocycles. The molecule has 1 aliphatic rings. The number of benzene rings is 3. The van der Waals surface area contributed by atoms with Crippen LogP contribution in [0.15, 0.2) is 78.9 Å². The molecule has 3 aromatic carbocycles. The summed E-state index contributed by atoms with van der Waals surface area (Å²) in [5.41, 5.74) is 2.26. The van der Waals surface area contributed by atoms with Gasteiger partial charge in [-0.1, -0.05) is 93.4 Å². The molecule has 1 aliphatic carbocycles. The molecule has 0 aromatic heterocycles. The van der Waals surface area contributed by atoms with Crippen LogP contribution in [0.1, 0.15) is 62.1 Å². The fraction of sp³-hybridized carbons (Fsp3) is 0.394. The Morgan fingerprint density at radius 1 is 0.929 bits per heavy atom. The van der Waals surface area contributed by atoms with Crippen LogP contribution in [0.5, 0.6) is 0 Å². The first-order valence-electron chi connectivity index (χ1n) is 14.5. The lowest BCUT2D eigenvalue weighted by atomic mass is 10.0. The van der Waals surface area contributed by atoms with Gasteiger partial charge in [-0.3, -0.25) is 13.9 Å². The first-order valence-corrected chi connectivity index (χ1v) is 16.3. The second-order valence-electron chi connectivity index (χ2n) is 11.3. The summed E-state index contributed by atoms with van der Waals surface area (Å²) >= 11 is 0. The highest BCUT2D eigenvalue weighted by molar-refractivity contribution is 7.92. The third-order valence-corrected chi connectivity index (χ3v) is 8.90. The van der Waals surface area contributed by atoms with Crippen LogP contribution in [0.4, 0.5) is 10.1 Å². The van der Waals surface area contributed by atoms with Gasteiger partial charge in [-0.25, -0.2) is 12.8 Å². The Labute approximate surface area is 248 Å². The molecule has 0 heterocycles. The summed E-state index contributed by atoms with van der Waals surface area (Å²) in [4.78, 5) is 29.5. The standard InChI is InChI=1S/C33H40FN3O4S/c1-24(2)28-18-10-12-20-30(28)37(42(3,40)41)23-32(38)36(22-26-15-7-11-19-29(26)34)31(21-25-13-5-4-6-14-25)33(39)35-27-16-8-9-17-27/h4-7,10-15,18-20,24,27,31H,8-9,16-17,21-23H2,1-3H3,(H,35,39)/t31-/m0/s1. The number of rotatable bonds is 12. The summed E-state index contributed by atoms with van der Waals surface area (Å²) in [6, 6.07) is 21.6. The maximum atomic E-state index is 14.9. The van der Waals surface area contributed by atoms with Gasteiger partial charge in [0.1, 0.15) is 18.4 Å². The van der Waals surface area contributed by atoms with Gasteiger partial charge in [0, 0.05) is 24.6 Å². The molecule has 1 N–H and O–H groups in total. The van der Waals surface area contributed by atoms with Gasteiger partial charge in [0.25, 0.3) is 0 Å². The minimum absolute atomic E-state index is 0.00177. The van der Waals surface area contributed by atoms with E-state index in [1.165, 1.54) is 11.0 Å². The van der Waals surface area contributed by atoms with Crippen molar-refractivity contribution in [1.82, 2.24) is 10.2 Å². The number of hydrogen-bond acceptors (Lipinski definition) is 4. The van der Waals surface area contributed by atoms with Crippen molar-refractivity contribution in [2.75, 3.05) is 17.1 Å². The number of nitrogens with zero attached hydrogens (tertiary/aromatic N) is 2. The summed E-state index contributed by atoms with van der Waals surface area (Å²) in [7, 11) is -3.90. The van der Waals surface area contributed by atoms with E-state index in [2.05, 4.69) is 5.32 Å². The highest BCUT2D eigenvalue weighted by Crippen LogP contribution is 2.29. The predicted octanol–water partition coefficient (Wildman–Crippen LogP) is 5.41. The molecular formula is C33H40FN3O4S. The monoisotopic (exact) mass is 593 g/mol. The van der Waals surface area contributed by atoms with Crippen molar-refractivity contribution in [2.24, 2.45) is 0 Å². The lowest BCUT2D eigenvalue weighted by molar-refractivity contribution is -0.140. The molecule has 0 bridgehead atoms. The Bertz CT molecular complexity index is 1470. The van der Waals surface area contributed by atoms with Gasteiger partial charge in [-0.15, -0.1) is 0 Å². The van der Waals surface area contributed by atoms with E-state index in [1.54, 1.807) is 30.3 Å². The van der Waals surface area contributed by atoms with Gasteiger partial charge in [-0.05, 0) is 42.0 Å². The van der Waals surface area contributed by atoms with E-state index in [9.17, 15) is 22.4 Å². The van der Waals surface area contributed by atoms with Crippen molar-refractivity contribution in [3.05, 3.63) is 101 Å². The molecule has 0 saturated heterocycles. The van der Waals surface area contributed by atoms with Crippen molar-refractivity contribution in [3.8, 4) is 0 Å². The van der Waals surface area contributed by atoms with Gasteiger partial charge in [0.05, 0.1) is 11.9 Å². The van der Waals surface area contributed by atoms with Gasteiger partial charge >= 0.3 is 0 Å². The second-order valence-corrected chi connectivity index (χ2v) is 13.2. The van der Waals surface area contributed by atoms with Crippen molar-refractivity contribution in [3.63, 3.8) is 0 Å². The van der Waals surface area contributed by atoms with E-state index in [1.807, 2.05) is 56.3 Å². The number of carbonyl (C=O) groups excluding carboxylic acids is 2. The number of sulfonamides is 1. The van der Waals surface area contributed by atoms with E-state index in [4.69, 9.17) is 0 Å². The highest BCUT2D eigenvalue weighted by atomic mass is 32.2. The van der Waals surface area contributed by atoms with E-state index in [-0.39, 0.29) is 36.4 Å². The molecule has 1 saturated carbocycles. The highest BCUT2D eigenvalue weighted by Gasteiger charge is 2.35. The summed E-state index contributed by atoms with van der Waals surface area (Å²) in [5, 5.41) is 3.12. The van der Waals surface area contributed by atoms with Crippen LogP contribution in [-0.4, -0.2) is 50.0 Å². The SMILES string of the molecule is CC(C)c1ccccc1N(CC(=O)N(Cc1ccccc1F)[C@@H](Cc1ccccc1)C(=O)NC1CCCC1)S(C)(=O)=O. The number of halogens is 1. The fourth-order valence-electron chi connectivity index (χ4n) is 5.53. The molecular weight excluding hydrogens is 553 g/mol. The second kappa shape index (κ2) is 14.0. The molecule has 0 unspecified atom stereocenters. The average Bonchev–Trinajstić information content (AvgIpc) is 3.47.